The van der Waals surface area contributed by atoms with Crippen molar-refractivity contribution in [1.29, 1.82) is 0 Å². The van der Waals surface area contributed by atoms with Crippen LogP contribution < -0.4 is 5.32 Å². The molecule has 0 radical (unpaired) electrons. The zero-order chi connectivity index (χ0) is 14.7. The summed E-state index contributed by atoms with van der Waals surface area (Å²) in [6.07, 6.45) is 4.46. The third-order valence-corrected chi connectivity index (χ3v) is 4.50. The average Bonchev–Trinajstić information content (AvgIpc) is 2.96. The minimum atomic E-state index is 0.337. The van der Waals surface area contributed by atoms with Crippen molar-refractivity contribution in [3.05, 3.63) is 59.0 Å². The van der Waals surface area contributed by atoms with Crippen LogP contribution in [0.15, 0.2) is 40.8 Å². The lowest BCUT2D eigenvalue weighted by molar-refractivity contribution is 0.352. The first-order valence-corrected chi connectivity index (χ1v) is 8.21. The molecule has 1 aliphatic carbocycles. The predicted molar refractivity (Wildman–Crippen MR) is 86.6 cm³/mol. The minimum absolute atomic E-state index is 0.337. The third-order valence-electron chi connectivity index (χ3n) is 4.50. The van der Waals surface area contributed by atoms with Crippen molar-refractivity contribution in [2.24, 2.45) is 0 Å². The zero-order valence-corrected chi connectivity index (χ0v) is 13.1. The second-order valence-electron chi connectivity index (χ2n) is 6.00. The van der Waals surface area contributed by atoms with Crippen molar-refractivity contribution >= 4 is 0 Å². The van der Waals surface area contributed by atoms with Gasteiger partial charge in [-0.05, 0) is 55.0 Å². The summed E-state index contributed by atoms with van der Waals surface area (Å²) in [4.78, 5) is 0. The maximum atomic E-state index is 5.99. The smallest absolute Gasteiger partial charge is 0.121 e. The molecule has 0 bridgehead atoms. The van der Waals surface area contributed by atoms with E-state index in [1.54, 1.807) is 0 Å². The highest BCUT2D eigenvalue weighted by Gasteiger charge is 2.29. The number of nitrogens with one attached hydrogen (secondary N) is 1. The topological polar surface area (TPSA) is 25.2 Å². The maximum Gasteiger partial charge on any atom is 0.121 e. The molecule has 1 N–H and O–H groups in total. The van der Waals surface area contributed by atoms with E-state index in [9.17, 15) is 0 Å². The van der Waals surface area contributed by atoms with E-state index in [2.05, 4.69) is 55.6 Å². The van der Waals surface area contributed by atoms with Crippen molar-refractivity contribution in [2.45, 2.75) is 51.5 Å². The van der Waals surface area contributed by atoms with Gasteiger partial charge in [0.15, 0.2) is 0 Å². The Kier molecular flexibility index (Phi) is 4.45. The zero-order valence-electron chi connectivity index (χ0n) is 13.1. The van der Waals surface area contributed by atoms with E-state index >= 15 is 0 Å². The quantitative estimate of drug-likeness (QED) is 0.802. The summed E-state index contributed by atoms with van der Waals surface area (Å²) in [6, 6.07) is 13.4. The van der Waals surface area contributed by atoms with Crippen molar-refractivity contribution < 1.29 is 4.42 Å². The lowest BCUT2D eigenvalue weighted by Crippen LogP contribution is -2.27. The van der Waals surface area contributed by atoms with E-state index < -0.39 is 0 Å². The first-order chi connectivity index (χ1) is 10.3. The molecule has 0 saturated heterocycles. The lowest BCUT2D eigenvalue weighted by Gasteiger charge is -2.33. The van der Waals surface area contributed by atoms with Gasteiger partial charge in [0.1, 0.15) is 11.5 Å². The van der Waals surface area contributed by atoms with Crippen LogP contribution in [0.4, 0.5) is 0 Å². The Labute approximate surface area is 127 Å². The van der Waals surface area contributed by atoms with Gasteiger partial charge in [-0.2, -0.15) is 0 Å². The number of benzene rings is 1. The first kappa shape index (κ1) is 14.4. The van der Waals surface area contributed by atoms with Crippen LogP contribution in [0.3, 0.4) is 0 Å². The van der Waals surface area contributed by atoms with Crippen LogP contribution in [0, 0.1) is 0 Å². The Bertz CT molecular complexity index is 587. The van der Waals surface area contributed by atoms with Gasteiger partial charge in [-0.25, -0.2) is 0 Å². The van der Waals surface area contributed by atoms with Crippen LogP contribution in [0.25, 0.3) is 0 Å². The van der Waals surface area contributed by atoms with Gasteiger partial charge in [-0.3, -0.25) is 0 Å². The van der Waals surface area contributed by atoms with Crippen LogP contribution in [0.2, 0.25) is 0 Å². The molecule has 0 aliphatic heterocycles. The molecule has 0 spiro atoms. The number of hydrogen-bond donors (Lipinski definition) is 1. The fraction of sp³-hybridized carbons (Fsp3) is 0.474. The summed E-state index contributed by atoms with van der Waals surface area (Å²) in [6.45, 7) is 5.39. The Morgan fingerprint density at radius 2 is 2.05 bits per heavy atom. The van der Waals surface area contributed by atoms with Gasteiger partial charge in [0.25, 0.3) is 0 Å². The third kappa shape index (κ3) is 3.06. The van der Waals surface area contributed by atoms with Gasteiger partial charge >= 0.3 is 0 Å². The van der Waals surface area contributed by atoms with Gasteiger partial charge in [0, 0.05) is 6.42 Å². The largest absolute Gasteiger partial charge is 0.464 e. The van der Waals surface area contributed by atoms with E-state index in [0.29, 0.717) is 12.0 Å². The molecule has 2 aromatic rings. The Balaban J connectivity index is 1.71. The maximum absolute atomic E-state index is 5.99. The predicted octanol–water partition coefficient (Wildman–Crippen LogP) is 4.61. The minimum Gasteiger partial charge on any atom is -0.464 e. The van der Waals surface area contributed by atoms with Gasteiger partial charge < -0.3 is 9.73 Å². The lowest BCUT2D eigenvalue weighted by atomic mass is 9.74. The van der Waals surface area contributed by atoms with E-state index in [-0.39, 0.29) is 0 Å². The van der Waals surface area contributed by atoms with Gasteiger partial charge in [0.05, 0.1) is 6.04 Å². The normalized spacial score (nSPS) is 18.1. The molecule has 0 amide bonds. The van der Waals surface area contributed by atoms with Gasteiger partial charge in [-0.15, -0.1) is 0 Å². The second kappa shape index (κ2) is 6.48. The first-order valence-electron chi connectivity index (χ1n) is 8.21. The Hall–Kier alpha value is -1.54. The fourth-order valence-electron chi connectivity index (χ4n) is 3.25. The van der Waals surface area contributed by atoms with Crippen LogP contribution in [0.1, 0.15) is 61.3 Å². The molecular formula is C19H25NO. The molecule has 3 rings (SSSR count). The number of aryl methyl sites for hydroxylation is 1. The molecule has 1 aromatic carbocycles. The van der Waals surface area contributed by atoms with Crippen LogP contribution in [-0.4, -0.2) is 6.54 Å². The SMILES string of the molecule is CCCNC(CC1Cc2ccccc21)c1ccc(CC)o1. The summed E-state index contributed by atoms with van der Waals surface area (Å²) in [7, 11) is 0. The average molecular weight is 283 g/mol. The monoisotopic (exact) mass is 283 g/mol. The molecule has 21 heavy (non-hydrogen) atoms. The Morgan fingerprint density at radius 1 is 1.19 bits per heavy atom. The van der Waals surface area contributed by atoms with Crippen LogP contribution in [-0.2, 0) is 12.8 Å². The van der Waals surface area contributed by atoms with Crippen LogP contribution in [0.5, 0.6) is 0 Å². The fourth-order valence-corrected chi connectivity index (χ4v) is 3.25. The van der Waals surface area contributed by atoms with E-state index in [1.165, 1.54) is 17.5 Å². The number of hydrogen-bond acceptors (Lipinski definition) is 2. The van der Waals surface area contributed by atoms with Crippen molar-refractivity contribution in [3.63, 3.8) is 0 Å². The molecule has 1 heterocycles. The van der Waals surface area contributed by atoms with Crippen LogP contribution >= 0.6 is 0 Å². The molecule has 2 unspecified atom stereocenters. The highest BCUT2D eigenvalue weighted by Crippen LogP contribution is 2.40. The summed E-state index contributed by atoms with van der Waals surface area (Å²) >= 11 is 0. The molecule has 0 fully saturated rings. The van der Waals surface area contributed by atoms with Gasteiger partial charge in [-0.1, -0.05) is 38.1 Å². The highest BCUT2D eigenvalue weighted by atomic mass is 16.3. The molecule has 2 atom stereocenters. The van der Waals surface area contributed by atoms with Crippen molar-refractivity contribution in [1.82, 2.24) is 5.32 Å². The molecule has 2 heteroatoms. The molecule has 1 aromatic heterocycles. The molecule has 2 nitrogen and oxygen atoms in total. The molecule has 0 saturated carbocycles. The number of furan rings is 1. The summed E-state index contributed by atoms with van der Waals surface area (Å²) in [5.74, 6) is 2.86. The summed E-state index contributed by atoms with van der Waals surface area (Å²) in [5.41, 5.74) is 3.05. The van der Waals surface area contributed by atoms with Crippen molar-refractivity contribution in [2.75, 3.05) is 6.54 Å². The highest BCUT2D eigenvalue weighted by molar-refractivity contribution is 5.40. The standard InChI is InChI=1S/C19H25NO/c1-3-11-20-18(19-10-9-16(4-2)21-19)13-15-12-14-7-5-6-8-17(14)15/h5-10,15,18,20H,3-4,11-13H2,1-2H3. The van der Waals surface area contributed by atoms with E-state index in [4.69, 9.17) is 4.42 Å². The molecule has 1 aliphatic rings. The second-order valence-corrected chi connectivity index (χ2v) is 6.00. The molecular weight excluding hydrogens is 258 g/mol. The number of fused-ring (bicyclic) bond motifs is 1. The van der Waals surface area contributed by atoms with E-state index in [0.717, 1.165) is 37.3 Å². The molecule has 112 valence electrons. The van der Waals surface area contributed by atoms with E-state index in [1.807, 2.05) is 0 Å². The van der Waals surface area contributed by atoms with Gasteiger partial charge in [0.2, 0.25) is 0 Å². The Morgan fingerprint density at radius 3 is 2.76 bits per heavy atom. The van der Waals surface area contributed by atoms with Crippen molar-refractivity contribution in [3.8, 4) is 0 Å². The summed E-state index contributed by atoms with van der Waals surface area (Å²) < 4.78 is 5.99. The number of rotatable bonds is 7. The summed E-state index contributed by atoms with van der Waals surface area (Å²) in [5, 5.41) is 3.66.